The summed E-state index contributed by atoms with van der Waals surface area (Å²) >= 11 is 1.51. The quantitative estimate of drug-likeness (QED) is 0.799. The molecule has 2 atom stereocenters. The molecule has 3 rings (SSSR count). The van der Waals surface area contributed by atoms with Crippen LogP contribution in [0.4, 0.5) is 13.2 Å². The average molecular weight is 299 g/mol. The van der Waals surface area contributed by atoms with Crippen LogP contribution in [0.15, 0.2) is 24.3 Å². The second kappa shape index (κ2) is 5.04. The second-order valence-corrected chi connectivity index (χ2v) is 6.56. The summed E-state index contributed by atoms with van der Waals surface area (Å²) in [5, 5.41) is 3.73. The lowest BCUT2D eigenvalue weighted by Gasteiger charge is -2.27. The molecule has 2 heterocycles. The fourth-order valence-corrected chi connectivity index (χ4v) is 4.16. The van der Waals surface area contributed by atoms with Gasteiger partial charge >= 0.3 is 6.18 Å². The Bertz CT molecular complexity index is 617. The molecule has 20 heavy (non-hydrogen) atoms. The summed E-state index contributed by atoms with van der Waals surface area (Å²) in [6.45, 7) is 3.06. The first-order valence-electron chi connectivity index (χ1n) is 6.78. The number of rotatable bonds is 1. The number of fused-ring (bicyclic) bond motifs is 1. The summed E-state index contributed by atoms with van der Waals surface area (Å²) in [7, 11) is 0. The topological polar surface area (TPSA) is 12.0 Å². The number of piperidine rings is 1. The van der Waals surface area contributed by atoms with Gasteiger partial charge in [0.2, 0.25) is 0 Å². The highest BCUT2D eigenvalue weighted by Crippen LogP contribution is 2.41. The third kappa shape index (κ3) is 2.56. The van der Waals surface area contributed by atoms with Crippen molar-refractivity contribution in [3.05, 3.63) is 34.7 Å². The zero-order valence-electron chi connectivity index (χ0n) is 11.1. The first-order valence-corrected chi connectivity index (χ1v) is 7.60. The van der Waals surface area contributed by atoms with E-state index in [4.69, 9.17) is 0 Å². The Labute approximate surface area is 119 Å². The van der Waals surface area contributed by atoms with Crippen LogP contribution in [-0.2, 0) is 6.18 Å². The predicted octanol–water partition coefficient (Wildman–Crippen LogP) is 4.78. The molecule has 1 aromatic carbocycles. The Morgan fingerprint density at radius 1 is 1.30 bits per heavy atom. The standard InChI is InChI=1S/C15H16F3NS/c1-9-7-10(5-6-19-9)14-8-11-12(15(16,17)18)3-2-4-13(11)20-14/h2-4,8-10,19H,5-7H2,1H3. The Kier molecular flexibility index (Phi) is 3.50. The SMILES string of the molecule is CC1CC(c2cc3c(C(F)(F)F)cccc3s2)CCN1. The van der Waals surface area contributed by atoms with Gasteiger partial charge in [-0.05, 0) is 50.4 Å². The Morgan fingerprint density at radius 3 is 2.80 bits per heavy atom. The summed E-state index contributed by atoms with van der Waals surface area (Å²) in [6, 6.07) is 6.64. The molecule has 1 aliphatic rings. The molecular weight excluding hydrogens is 283 g/mol. The van der Waals surface area contributed by atoms with Crippen molar-refractivity contribution in [1.29, 1.82) is 0 Å². The summed E-state index contributed by atoms with van der Waals surface area (Å²) in [6.07, 6.45) is -2.29. The average Bonchev–Trinajstić information content (AvgIpc) is 2.81. The monoisotopic (exact) mass is 299 g/mol. The van der Waals surface area contributed by atoms with Gasteiger partial charge in [0.1, 0.15) is 0 Å². The maximum absolute atomic E-state index is 13.0. The van der Waals surface area contributed by atoms with E-state index < -0.39 is 11.7 Å². The highest BCUT2D eigenvalue weighted by atomic mass is 32.1. The summed E-state index contributed by atoms with van der Waals surface area (Å²) in [5.41, 5.74) is -0.514. The van der Waals surface area contributed by atoms with Gasteiger partial charge in [-0.15, -0.1) is 11.3 Å². The fourth-order valence-electron chi connectivity index (χ4n) is 2.92. The summed E-state index contributed by atoms with van der Waals surface area (Å²) in [5.74, 6) is 0.379. The van der Waals surface area contributed by atoms with Crippen LogP contribution in [0, 0.1) is 0 Å². The molecule has 0 aliphatic carbocycles. The van der Waals surface area contributed by atoms with Crippen molar-refractivity contribution in [2.24, 2.45) is 0 Å². The van der Waals surface area contributed by atoms with E-state index in [0.29, 0.717) is 17.3 Å². The minimum atomic E-state index is -4.28. The van der Waals surface area contributed by atoms with Crippen molar-refractivity contribution in [3.63, 3.8) is 0 Å². The molecule has 0 spiro atoms. The second-order valence-electron chi connectivity index (χ2n) is 5.44. The maximum atomic E-state index is 13.0. The van der Waals surface area contributed by atoms with Gasteiger partial charge in [-0.2, -0.15) is 13.2 Å². The van der Waals surface area contributed by atoms with E-state index in [-0.39, 0.29) is 0 Å². The molecule has 2 unspecified atom stereocenters. The van der Waals surface area contributed by atoms with Crippen LogP contribution in [0.5, 0.6) is 0 Å². The highest BCUT2D eigenvalue weighted by Gasteiger charge is 2.33. The van der Waals surface area contributed by atoms with E-state index in [1.165, 1.54) is 23.5 Å². The molecule has 5 heteroatoms. The number of halogens is 3. The lowest BCUT2D eigenvalue weighted by molar-refractivity contribution is -0.136. The molecule has 0 saturated carbocycles. The Hall–Kier alpha value is -1.07. The van der Waals surface area contributed by atoms with Gasteiger partial charge in [0.05, 0.1) is 5.56 Å². The number of benzene rings is 1. The summed E-state index contributed by atoms with van der Waals surface area (Å²) < 4.78 is 39.8. The Balaban J connectivity index is 2.02. The third-order valence-electron chi connectivity index (χ3n) is 3.91. The molecule has 1 nitrogen and oxygen atoms in total. The van der Waals surface area contributed by atoms with E-state index in [1.54, 1.807) is 12.1 Å². The molecule has 108 valence electrons. The molecule has 1 fully saturated rings. The van der Waals surface area contributed by atoms with Crippen molar-refractivity contribution in [3.8, 4) is 0 Å². The number of hydrogen-bond donors (Lipinski definition) is 1. The van der Waals surface area contributed by atoms with E-state index in [9.17, 15) is 13.2 Å². The van der Waals surface area contributed by atoms with E-state index >= 15 is 0 Å². The molecule has 0 bridgehead atoms. The van der Waals surface area contributed by atoms with Crippen LogP contribution in [0.25, 0.3) is 10.1 Å². The van der Waals surface area contributed by atoms with Crippen molar-refractivity contribution in [2.45, 2.75) is 37.9 Å². The van der Waals surface area contributed by atoms with Gasteiger partial charge in [0.15, 0.2) is 0 Å². The number of alkyl halides is 3. The number of thiophene rings is 1. The van der Waals surface area contributed by atoms with Crippen molar-refractivity contribution >= 4 is 21.4 Å². The van der Waals surface area contributed by atoms with Crippen molar-refractivity contribution in [2.75, 3.05) is 6.54 Å². The van der Waals surface area contributed by atoms with Gasteiger partial charge in [0.25, 0.3) is 0 Å². The molecule has 1 aliphatic heterocycles. The molecule has 1 saturated heterocycles. The highest BCUT2D eigenvalue weighted by molar-refractivity contribution is 7.19. The van der Waals surface area contributed by atoms with Crippen LogP contribution in [0.2, 0.25) is 0 Å². The van der Waals surface area contributed by atoms with Gasteiger partial charge in [-0.25, -0.2) is 0 Å². The smallest absolute Gasteiger partial charge is 0.314 e. The lowest BCUT2D eigenvalue weighted by atomic mass is 9.91. The van der Waals surface area contributed by atoms with Gasteiger partial charge in [-0.3, -0.25) is 0 Å². The van der Waals surface area contributed by atoms with Crippen molar-refractivity contribution in [1.82, 2.24) is 5.32 Å². The minimum absolute atomic E-state index is 0.353. The Morgan fingerprint density at radius 2 is 2.10 bits per heavy atom. The summed E-state index contributed by atoms with van der Waals surface area (Å²) in [4.78, 5) is 1.09. The van der Waals surface area contributed by atoms with Crippen LogP contribution in [0.3, 0.4) is 0 Å². The van der Waals surface area contributed by atoms with Crippen LogP contribution >= 0.6 is 11.3 Å². The maximum Gasteiger partial charge on any atom is 0.417 e. The zero-order valence-corrected chi connectivity index (χ0v) is 11.9. The van der Waals surface area contributed by atoms with E-state index in [2.05, 4.69) is 12.2 Å². The normalized spacial score (nSPS) is 24.2. The van der Waals surface area contributed by atoms with E-state index in [0.717, 1.165) is 29.0 Å². The molecule has 0 radical (unpaired) electrons. The first kappa shape index (κ1) is 13.9. The van der Waals surface area contributed by atoms with Crippen LogP contribution in [0.1, 0.15) is 36.1 Å². The molecule has 1 N–H and O–H groups in total. The van der Waals surface area contributed by atoms with Crippen molar-refractivity contribution < 1.29 is 13.2 Å². The number of hydrogen-bond acceptors (Lipinski definition) is 2. The zero-order chi connectivity index (χ0) is 14.3. The van der Waals surface area contributed by atoms with Gasteiger partial charge in [-0.1, -0.05) is 6.07 Å². The fraction of sp³-hybridized carbons (Fsp3) is 0.467. The molecule has 1 aromatic heterocycles. The van der Waals surface area contributed by atoms with Gasteiger partial charge in [0, 0.05) is 21.0 Å². The molecular formula is C15H16F3NS. The van der Waals surface area contributed by atoms with Crippen LogP contribution in [-0.4, -0.2) is 12.6 Å². The molecule has 2 aromatic rings. The minimum Gasteiger partial charge on any atom is -0.314 e. The predicted molar refractivity (Wildman–Crippen MR) is 76.3 cm³/mol. The third-order valence-corrected chi connectivity index (χ3v) is 5.17. The first-order chi connectivity index (χ1) is 9.45. The lowest BCUT2D eigenvalue weighted by Crippen LogP contribution is -2.34. The van der Waals surface area contributed by atoms with Crippen LogP contribution < -0.4 is 5.32 Å². The van der Waals surface area contributed by atoms with E-state index in [1.807, 2.05) is 0 Å². The van der Waals surface area contributed by atoms with Gasteiger partial charge < -0.3 is 5.32 Å². The largest absolute Gasteiger partial charge is 0.417 e. The molecule has 0 amide bonds. The number of nitrogens with one attached hydrogen (secondary N) is 1.